The number of hydrogen-bond donors (Lipinski definition) is 0. The van der Waals surface area contributed by atoms with Crippen LogP contribution in [0, 0.1) is 11.6 Å². The van der Waals surface area contributed by atoms with Crippen LogP contribution in [0.4, 0.5) is 20.2 Å². The van der Waals surface area contributed by atoms with Gasteiger partial charge in [-0.3, -0.25) is 0 Å². The molecule has 0 atom stereocenters. The molecule has 0 heterocycles. The van der Waals surface area contributed by atoms with Gasteiger partial charge >= 0.3 is 0 Å². The Morgan fingerprint density at radius 2 is 0.955 bits per heavy atom. The van der Waals surface area contributed by atoms with E-state index in [0.717, 1.165) is 0 Å². The lowest BCUT2D eigenvalue weighted by Crippen LogP contribution is -2.21. The lowest BCUT2D eigenvalue weighted by molar-refractivity contribution is 0.627. The molecule has 0 aromatic heterocycles. The minimum atomic E-state index is -0.327. The number of rotatable bonds is 4. The minimum absolute atomic E-state index is 0.264. The van der Waals surface area contributed by atoms with Crippen molar-refractivity contribution >= 4 is 34.6 Å². The summed E-state index contributed by atoms with van der Waals surface area (Å²) in [6.07, 6.45) is 0. The zero-order chi connectivity index (χ0) is 16.3. The molecule has 0 spiro atoms. The van der Waals surface area contributed by atoms with E-state index >= 15 is 0 Å². The first-order chi connectivity index (χ1) is 10.4. The molecule has 0 N–H and O–H groups in total. The van der Waals surface area contributed by atoms with Crippen molar-refractivity contribution in [2.24, 2.45) is 0 Å². The first-order valence-corrected chi connectivity index (χ1v) is 7.19. The number of halogens is 4. The van der Waals surface area contributed by atoms with Crippen LogP contribution in [-0.4, -0.2) is 14.1 Å². The van der Waals surface area contributed by atoms with Crippen molar-refractivity contribution in [3.8, 4) is 0 Å². The van der Waals surface area contributed by atoms with Crippen LogP contribution in [0.5, 0.6) is 0 Å². The van der Waals surface area contributed by atoms with Crippen molar-refractivity contribution in [1.82, 2.24) is 0 Å². The van der Waals surface area contributed by atoms with E-state index < -0.39 is 0 Å². The van der Waals surface area contributed by atoms with E-state index in [0.29, 0.717) is 11.4 Å². The molecule has 0 radical (unpaired) electrons. The number of anilines is 2. The van der Waals surface area contributed by atoms with Gasteiger partial charge in [-0.2, -0.15) is 0 Å². The molecular weight excluding hydrogens is 329 g/mol. The van der Waals surface area contributed by atoms with E-state index in [2.05, 4.69) is 0 Å². The summed E-state index contributed by atoms with van der Waals surface area (Å²) in [6.45, 7) is 0. The van der Waals surface area contributed by atoms with Gasteiger partial charge in [0.05, 0.1) is 0 Å². The fraction of sp³-hybridized carbons (Fsp3) is 0.125. The first kappa shape index (κ1) is 16.6. The average Bonchev–Trinajstić information content (AvgIpc) is 2.53. The molecule has 2 aromatic rings. The van der Waals surface area contributed by atoms with Gasteiger partial charge in [0.15, 0.2) is 0 Å². The van der Waals surface area contributed by atoms with E-state index in [1.165, 1.54) is 24.3 Å². The predicted octanol–water partition coefficient (Wildman–Crippen LogP) is 5.14. The highest BCUT2D eigenvalue weighted by atomic mass is 35.5. The fourth-order valence-electron chi connectivity index (χ4n) is 1.83. The van der Waals surface area contributed by atoms with Crippen molar-refractivity contribution in [1.29, 1.82) is 0 Å². The van der Waals surface area contributed by atoms with Gasteiger partial charge in [0.2, 0.25) is 0 Å². The fourth-order valence-corrected chi connectivity index (χ4v) is 2.28. The van der Waals surface area contributed by atoms with Crippen LogP contribution >= 0.6 is 23.2 Å². The monoisotopic (exact) mass is 342 g/mol. The summed E-state index contributed by atoms with van der Waals surface area (Å²) in [5, 5.41) is 0.528. The molecule has 0 bridgehead atoms. The summed E-state index contributed by atoms with van der Waals surface area (Å²) < 4.78 is 25.9. The highest BCUT2D eigenvalue weighted by Gasteiger charge is 2.14. The SMILES string of the molecule is CN(/C(Cl)=C(\Cl)N(C)c1ccc(F)cc1)c1ccc(F)cc1. The third kappa shape index (κ3) is 3.70. The largest absolute Gasteiger partial charge is 0.333 e. The normalized spacial score (nSPS) is 11.9. The Kier molecular flexibility index (Phi) is 5.27. The molecule has 116 valence electrons. The van der Waals surface area contributed by atoms with Crippen molar-refractivity contribution in [3.63, 3.8) is 0 Å². The first-order valence-electron chi connectivity index (χ1n) is 6.44. The lowest BCUT2D eigenvalue weighted by Gasteiger charge is -2.24. The van der Waals surface area contributed by atoms with Crippen LogP contribution in [0.15, 0.2) is 58.8 Å². The molecule has 0 aliphatic heterocycles. The molecule has 22 heavy (non-hydrogen) atoms. The van der Waals surface area contributed by atoms with Crippen molar-refractivity contribution in [2.45, 2.75) is 0 Å². The summed E-state index contributed by atoms with van der Waals surface area (Å²) in [5.74, 6) is -0.654. The number of benzene rings is 2. The Bertz CT molecular complexity index is 610. The zero-order valence-electron chi connectivity index (χ0n) is 12.0. The second-order valence-corrected chi connectivity index (χ2v) is 5.37. The topological polar surface area (TPSA) is 6.48 Å². The van der Waals surface area contributed by atoms with Gasteiger partial charge in [0.1, 0.15) is 21.9 Å². The van der Waals surface area contributed by atoms with Crippen molar-refractivity contribution < 1.29 is 8.78 Å². The maximum Gasteiger partial charge on any atom is 0.145 e. The highest BCUT2D eigenvalue weighted by molar-refractivity contribution is 6.41. The summed E-state index contributed by atoms with van der Waals surface area (Å²) in [7, 11) is 3.44. The van der Waals surface area contributed by atoms with Gasteiger partial charge in [-0.1, -0.05) is 23.2 Å². The van der Waals surface area contributed by atoms with Gasteiger partial charge in [0.25, 0.3) is 0 Å². The molecule has 0 saturated carbocycles. The molecule has 0 amide bonds. The average molecular weight is 343 g/mol. The molecule has 0 unspecified atom stereocenters. The molecule has 0 aliphatic rings. The van der Waals surface area contributed by atoms with Crippen LogP contribution in [0.25, 0.3) is 0 Å². The number of nitrogens with zero attached hydrogens (tertiary/aromatic N) is 2. The molecule has 0 fully saturated rings. The molecule has 2 aromatic carbocycles. The van der Waals surface area contributed by atoms with Crippen LogP contribution in [0.2, 0.25) is 0 Å². The Hall–Kier alpha value is -1.78. The van der Waals surface area contributed by atoms with Gasteiger partial charge in [-0.15, -0.1) is 0 Å². The highest BCUT2D eigenvalue weighted by Crippen LogP contribution is 2.28. The van der Waals surface area contributed by atoms with Gasteiger partial charge in [-0.05, 0) is 48.5 Å². The van der Waals surface area contributed by atoms with Crippen LogP contribution < -0.4 is 9.80 Å². The Morgan fingerprint density at radius 1 is 0.682 bits per heavy atom. The van der Waals surface area contributed by atoms with E-state index in [1.807, 2.05) is 0 Å². The van der Waals surface area contributed by atoms with Crippen LogP contribution in [-0.2, 0) is 0 Å². The second-order valence-electron chi connectivity index (χ2n) is 4.65. The standard InChI is InChI=1S/C16H14Cl2F2N2/c1-21(13-7-3-11(19)4-8-13)15(17)16(18)22(2)14-9-5-12(20)6-10-14/h3-10H,1-2H3/b16-15+. The molecule has 2 rings (SSSR count). The van der Waals surface area contributed by atoms with Crippen molar-refractivity contribution in [2.75, 3.05) is 23.9 Å². The van der Waals surface area contributed by atoms with Crippen molar-refractivity contribution in [3.05, 3.63) is 70.5 Å². The van der Waals surface area contributed by atoms with Gasteiger partial charge in [-0.25, -0.2) is 8.78 Å². The molecule has 2 nitrogen and oxygen atoms in total. The molecule has 0 aliphatic carbocycles. The van der Waals surface area contributed by atoms with Crippen LogP contribution in [0.1, 0.15) is 0 Å². The second kappa shape index (κ2) is 6.99. The maximum atomic E-state index is 13.0. The van der Waals surface area contributed by atoms with Gasteiger partial charge in [0, 0.05) is 25.5 Å². The van der Waals surface area contributed by atoms with Gasteiger partial charge < -0.3 is 9.80 Å². The van der Waals surface area contributed by atoms with Crippen LogP contribution in [0.3, 0.4) is 0 Å². The Morgan fingerprint density at radius 3 is 1.23 bits per heavy atom. The smallest absolute Gasteiger partial charge is 0.145 e. The summed E-state index contributed by atoms with van der Waals surface area (Å²) in [6, 6.07) is 11.8. The molecule has 0 saturated heterocycles. The summed E-state index contributed by atoms with van der Waals surface area (Å²) >= 11 is 12.6. The summed E-state index contributed by atoms with van der Waals surface area (Å²) in [4.78, 5) is 3.26. The third-order valence-electron chi connectivity index (χ3n) is 3.19. The Labute approximate surface area is 138 Å². The quantitative estimate of drug-likeness (QED) is 0.709. The van der Waals surface area contributed by atoms with E-state index in [4.69, 9.17) is 23.2 Å². The predicted molar refractivity (Wildman–Crippen MR) is 88.3 cm³/mol. The molecule has 6 heteroatoms. The lowest BCUT2D eigenvalue weighted by atomic mass is 10.3. The zero-order valence-corrected chi connectivity index (χ0v) is 13.5. The summed E-state index contributed by atoms with van der Waals surface area (Å²) in [5.41, 5.74) is 1.38. The van der Waals surface area contributed by atoms with E-state index in [1.54, 1.807) is 48.2 Å². The minimum Gasteiger partial charge on any atom is -0.333 e. The number of hydrogen-bond acceptors (Lipinski definition) is 2. The Balaban J connectivity index is 2.27. The van der Waals surface area contributed by atoms with E-state index in [9.17, 15) is 8.78 Å². The maximum absolute atomic E-state index is 13.0. The third-order valence-corrected chi connectivity index (χ3v) is 4.15. The molecular formula is C16H14Cl2F2N2. The van der Waals surface area contributed by atoms with E-state index in [-0.39, 0.29) is 21.9 Å².